The first-order valence-corrected chi connectivity index (χ1v) is 12.7. The average Bonchev–Trinajstić information content (AvgIpc) is 3.32. The summed E-state index contributed by atoms with van der Waals surface area (Å²) in [5.41, 5.74) is -0.677. The molecule has 2 heterocycles. The van der Waals surface area contributed by atoms with Gasteiger partial charge < -0.3 is 20.3 Å². The summed E-state index contributed by atoms with van der Waals surface area (Å²) >= 11 is 1.43. The summed E-state index contributed by atoms with van der Waals surface area (Å²) in [5, 5.41) is 26.9. The summed E-state index contributed by atoms with van der Waals surface area (Å²) in [7, 11) is 1.39. The van der Waals surface area contributed by atoms with Crippen LogP contribution in [0.25, 0.3) is 0 Å². The second kappa shape index (κ2) is 9.82. The number of imide groups is 1. The van der Waals surface area contributed by atoms with Gasteiger partial charge in [-0.15, -0.1) is 0 Å². The van der Waals surface area contributed by atoms with Crippen LogP contribution in [0.4, 0.5) is 11.4 Å². The Bertz CT molecular complexity index is 1220. The largest absolute Gasteiger partial charge is 0.504 e. The van der Waals surface area contributed by atoms with Crippen LogP contribution in [0.3, 0.4) is 0 Å². The van der Waals surface area contributed by atoms with Crippen molar-refractivity contribution in [2.45, 2.75) is 24.9 Å². The molecule has 0 bridgehead atoms. The molecule has 2 fully saturated rings. The van der Waals surface area contributed by atoms with E-state index in [1.54, 1.807) is 30.3 Å². The predicted octanol–water partition coefficient (Wildman–Crippen LogP) is 2.39. The van der Waals surface area contributed by atoms with Crippen molar-refractivity contribution in [1.29, 1.82) is 0 Å². The number of phenolic OH excluding ortho intramolecular Hbond substituents is 1. The Kier molecular flexibility index (Phi) is 6.96. The zero-order chi connectivity index (χ0) is 26.2. The van der Waals surface area contributed by atoms with Crippen molar-refractivity contribution in [1.82, 2.24) is 5.32 Å². The molecular formula is C25H27N3O7S. The third-order valence-corrected chi connectivity index (χ3v) is 7.38. The number of hydrogen-bond acceptors (Lipinski definition) is 8. The Hall–Kier alpha value is -3.57. The molecule has 4 N–H and O–H groups in total. The molecular weight excluding hydrogens is 486 g/mol. The van der Waals surface area contributed by atoms with Crippen molar-refractivity contribution in [3.05, 3.63) is 48.0 Å². The zero-order valence-corrected chi connectivity index (χ0v) is 20.8. The number of benzene rings is 2. The maximum Gasteiger partial charge on any atom is 0.324 e. The number of hydrogen-bond donors (Lipinski definition) is 4. The number of nitrogens with one attached hydrogen (secondary N) is 2. The van der Waals surface area contributed by atoms with E-state index in [0.717, 1.165) is 4.90 Å². The standard InChI is InChI=1S/C25H27N3O7S/c1-13(29)26-14-7-9-15(10-8-14)28-22(31)18-19(23(28)32)25(24(33)34,11-12-36-3)27-20(18)16-5-4-6-17(35-2)21(16)30/h4-10,18-20,27,30H,11-12H2,1-3H3,(H,26,29)(H,33,34)/t18-,19-,20+,25+/m0/s1. The lowest BCUT2D eigenvalue weighted by Gasteiger charge is -2.31. The molecule has 2 aromatic carbocycles. The third-order valence-electron chi connectivity index (χ3n) is 6.77. The number of methoxy groups -OCH3 is 1. The number of rotatable bonds is 8. The molecule has 36 heavy (non-hydrogen) atoms. The van der Waals surface area contributed by atoms with Gasteiger partial charge in [-0.1, -0.05) is 12.1 Å². The van der Waals surface area contributed by atoms with Gasteiger partial charge in [-0.3, -0.25) is 24.5 Å². The van der Waals surface area contributed by atoms with E-state index < -0.39 is 41.2 Å². The van der Waals surface area contributed by atoms with Crippen molar-refractivity contribution in [3.63, 3.8) is 0 Å². The number of amides is 3. The molecule has 2 aliphatic heterocycles. The number of carbonyl (C=O) groups excluding carboxylic acids is 3. The average molecular weight is 514 g/mol. The maximum atomic E-state index is 13.8. The molecule has 0 radical (unpaired) electrons. The number of para-hydroxylation sites is 1. The van der Waals surface area contributed by atoms with E-state index in [0.29, 0.717) is 11.4 Å². The Balaban J connectivity index is 1.82. The molecule has 2 aromatic rings. The Morgan fingerprint density at radius 2 is 1.86 bits per heavy atom. The summed E-state index contributed by atoms with van der Waals surface area (Å²) < 4.78 is 5.21. The van der Waals surface area contributed by atoms with Crippen LogP contribution in [-0.4, -0.2) is 58.6 Å². The first-order chi connectivity index (χ1) is 17.2. The van der Waals surface area contributed by atoms with Crippen molar-refractivity contribution in [2.24, 2.45) is 11.8 Å². The van der Waals surface area contributed by atoms with Crippen molar-refractivity contribution < 1.29 is 34.1 Å². The van der Waals surface area contributed by atoms with Gasteiger partial charge in [-0.2, -0.15) is 11.8 Å². The van der Waals surface area contributed by atoms with E-state index in [1.165, 1.54) is 37.9 Å². The number of anilines is 2. The number of phenols is 1. The molecule has 4 atom stereocenters. The minimum Gasteiger partial charge on any atom is -0.504 e. The number of nitrogens with zero attached hydrogens (tertiary/aromatic N) is 1. The number of carboxylic acids is 1. The van der Waals surface area contributed by atoms with Gasteiger partial charge in [0, 0.05) is 24.2 Å². The maximum absolute atomic E-state index is 13.8. The second-order valence-corrected chi connectivity index (χ2v) is 9.77. The fourth-order valence-corrected chi connectivity index (χ4v) is 5.70. The molecule has 2 aliphatic rings. The Morgan fingerprint density at radius 1 is 1.17 bits per heavy atom. The number of aliphatic carboxylic acids is 1. The van der Waals surface area contributed by atoms with Gasteiger partial charge in [-0.25, -0.2) is 4.90 Å². The van der Waals surface area contributed by atoms with Gasteiger partial charge in [-0.05, 0) is 48.8 Å². The normalized spacial score (nSPS) is 25.1. The number of carboxylic acid groups (broad SMARTS) is 1. The van der Waals surface area contributed by atoms with Crippen LogP contribution in [0.15, 0.2) is 42.5 Å². The van der Waals surface area contributed by atoms with Gasteiger partial charge in [0.1, 0.15) is 5.54 Å². The second-order valence-electron chi connectivity index (χ2n) is 8.78. The summed E-state index contributed by atoms with van der Waals surface area (Å²) in [4.78, 5) is 52.6. The molecule has 0 aliphatic carbocycles. The number of ether oxygens (including phenoxy) is 1. The van der Waals surface area contributed by atoms with Crippen molar-refractivity contribution in [3.8, 4) is 11.5 Å². The Labute approximate surface area is 212 Å². The highest BCUT2D eigenvalue weighted by atomic mass is 32.2. The smallest absolute Gasteiger partial charge is 0.324 e. The lowest BCUT2D eigenvalue weighted by molar-refractivity contribution is -0.148. The number of carbonyl (C=O) groups is 4. The van der Waals surface area contributed by atoms with Crippen molar-refractivity contribution in [2.75, 3.05) is 29.3 Å². The van der Waals surface area contributed by atoms with Gasteiger partial charge in [0.25, 0.3) is 0 Å². The van der Waals surface area contributed by atoms with Crippen molar-refractivity contribution >= 4 is 46.8 Å². The molecule has 11 heteroatoms. The third kappa shape index (κ3) is 4.07. The first kappa shape index (κ1) is 25.5. The summed E-state index contributed by atoms with van der Waals surface area (Å²) in [6.07, 6.45) is 1.93. The molecule has 0 spiro atoms. The van der Waals surface area contributed by atoms with E-state index in [1.807, 2.05) is 6.26 Å². The van der Waals surface area contributed by atoms with Crippen LogP contribution in [0, 0.1) is 11.8 Å². The highest BCUT2D eigenvalue weighted by Gasteiger charge is 2.68. The SMILES string of the molecule is COc1cccc([C@H]2N[C@@](CCSC)(C(=O)O)[C@@H]3C(=O)N(c4ccc(NC(C)=O)cc4)C(=O)[C@H]23)c1O. The van der Waals surface area contributed by atoms with E-state index in [-0.39, 0.29) is 35.1 Å². The predicted molar refractivity (Wildman–Crippen MR) is 134 cm³/mol. The number of aromatic hydroxyl groups is 1. The molecule has 3 amide bonds. The van der Waals surface area contributed by atoms with E-state index >= 15 is 0 Å². The molecule has 190 valence electrons. The first-order valence-electron chi connectivity index (χ1n) is 11.3. The molecule has 4 rings (SSSR count). The molecule has 10 nitrogen and oxygen atoms in total. The lowest BCUT2D eigenvalue weighted by atomic mass is 9.78. The quantitative estimate of drug-likeness (QED) is 0.391. The lowest BCUT2D eigenvalue weighted by Crippen LogP contribution is -2.56. The van der Waals surface area contributed by atoms with Crippen LogP contribution in [0.1, 0.15) is 24.9 Å². The minimum atomic E-state index is -1.72. The van der Waals surface area contributed by atoms with Gasteiger partial charge >= 0.3 is 5.97 Å². The number of fused-ring (bicyclic) bond motifs is 1. The van der Waals surface area contributed by atoms with E-state index in [2.05, 4.69) is 10.6 Å². The van der Waals surface area contributed by atoms with Gasteiger partial charge in [0.05, 0.1) is 24.6 Å². The van der Waals surface area contributed by atoms with Crippen LogP contribution in [0.5, 0.6) is 11.5 Å². The van der Waals surface area contributed by atoms with Crippen LogP contribution < -0.4 is 20.3 Å². The zero-order valence-electron chi connectivity index (χ0n) is 20.0. The summed E-state index contributed by atoms with van der Waals surface area (Å²) in [5.74, 6) is -4.57. The highest BCUT2D eigenvalue weighted by molar-refractivity contribution is 7.98. The fraction of sp³-hybridized carbons (Fsp3) is 0.360. The van der Waals surface area contributed by atoms with E-state index in [9.17, 15) is 29.4 Å². The fourth-order valence-electron chi connectivity index (χ4n) is 5.17. The molecule has 0 saturated carbocycles. The monoisotopic (exact) mass is 513 g/mol. The van der Waals surface area contributed by atoms with E-state index in [4.69, 9.17) is 4.74 Å². The van der Waals surface area contributed by atoms with Crippen LogP contribution in [0.2, 0.25) is 0 Å². The van der Waals surface area contributed by atoms with Gasteiger partial charge in [0.15, 0.2) is 11.5 Å². The molecule has 2 saturated heterocycles. The Morgan fingerprint density at radius 3 is 2.44 bits per heavy atom. The number of thioether (sulfide) groups is 1. The van der Waals surface area contributed by atoms with Crippen LogP contribution in [-0.2, 0) is 19.2 Å². The molecule has 0 aromatic heterocycles. The highest BCUT2D eigenvalue weighted by Crippen LogP contribution is 2.53. The topological polar surface area (TPSA) is 145 Å². The summed E-state index contributed by atoms with van der Waals surface area (Å²) in [6, 6.07) is 10.0. The van der Waals surface area contributed by atoms with Gasteiger partial charge in [0.2, 0.25) is 17.7 Å². The molecule has 0 unspecified atom stereocenters. The van der Waals surface area contributed by atoms with Crippen LogP contribution >= 0.6 is 11.8 Å². The minimum absolute atomic E-state index is 0.0974. The summed E-state index contributed by atoms with van der Waals surface area (Å²) in [6.45, 7) is 1.36.